The Morgan fingerprint density at radius 3 is 2.50 bits per heavy atom. The molecule has 0 spiro atoms. The van der Waals surface area contributed by atoms with E-state index in [1.54, 1.807) is 0 Å². The topological polar surface area (TPSA) is 9.23 Å². The minimum atomic E-state index is -4.48. The normalized spacial score (nSPS) is 11.6. The second kappa shape index (κ2) is 5.18. The van der Waals surface area contributed by atoms with Gasteiger partial charge in [-0.1, -0.05) is 13.3 Å². The van der Waals surface area contributed by atoms with E-state index in [2.05, 4.69) is 0 Å². The zero-order valence-electron chi connectivity index (χ0n) is 8.77. The number of halogens is 4. The van der Waals surface area contributed by atoms with Gasteiger partial charge in [-0.2, -0.15) is 13.2 Å². The van der Waals surface area contributed by atoms with Crippen LogP contribution < -0.4 is 4.74 Å². The molecule has 0 N–H and O–H groups in total. The van der Waals surface area contributed by atoms with E-state index in [0.29, 0.717) is 18.6 Å². The third-order valence-electron chi connectivity index (χ3n) is 2.01. The second-order valence-corrected chi connectivity index (χ2v) is 3.34. The minimum Gasteiger partial charge on any atom is -0.491 e. The van der Waals surface area contributed by atoms with Crippen molar-refractivity contribution in [2.75, 3.05) is 6.61 Å². The Kier molecular flexibility index (Phi) is 4.15. The summed E-state index contributed by atoms with van der Waals surface area (Å²) < 4.78 is 55.0. The maximum absolute atomic E-state index is 13.1. The highest BCUT2D eigenvalue weighted by atomic mass is 19.4. The van der Waals surface area contributed by atoms with Gasteiger partial charge in [-0.15, -0.1) is 0 Å². The van der Waals surface area contributed by atoms with Gasteiger partial charge in [0.05, 0.1) is 12.2 Å². The maximum atomic E-state index is 13.1. The Balaban J connectivity index is 2.83. The first-order chi connectivity index (χ1) is 7.45. The van der Waals surface area contributed by atoms with E-state index < -0.39 is 17.6 Å². The van der Waals surface area contributed by atoms with Crippen molar-refractivity contribution in [3.8, 4) is 5.75 Å². The van der Waals surface area contributed by atoms with Gasteiger partial charge in [0.25, 0.3) is 0 Å². The zero-order chi connectivity index (χ0) is 12.2. The van der Waals surface area contributed by atoms with Gasteiger partial charge in [-0.3, -0.25) is 0 Å². The van der Waals surface area contributed by atoms with Gasteiger partial charge in [0, 0.05) is 0 Å². The molecule has 0 aromatic heterocycles. The fourth-order valence-corrected chi connectivity index (χ4v) is 1.12. The van der Waals surface area contributed by atoms with E-state index in [4.69, 9.17) is 4.74 Å². The largest absolute Gasteiger partial charge is 0.491 e. The lowest BCUT2D eigenvalue weighted by Crippen LogP contribution is -2.06. The molecular weight excluding hydrogens is 224 g/mol. The summed E-state index contributed by atoms with van der Waals surface area (Å²) >= 11 is 0. The van der Waals surface area contributed by atoms with E-state index in [0.717, 1.165) is 12.5 Å². The molecule has 0 aliphatic heterocycles. The first kappa shape index (κ1) is 12.8. The van der Waals surface area contributed by atoms with Crippen molar-refractivity contribution in [3.05, 3.63) is 29.6 Å². The van der Waals surface area contributed by atoms with Gasteiger partial charge in [0.1, 0.15) is 0 Å². The Labute approximate surface area is 91.0 Å². The molecule has 0 aliphatic rings. The molecule has 0 saturated heterocycles. The third-order valence-corrected chi connectivity index (χ3v) is 2.01. The van der Waals surface area contributed by atoms with E-state index in [9.17, 15) is 17.6 Å². The lowest BCUT2D eigenvalue weighted by molar-refractivity contribution is -0.137. The SMILES string of the molecule is CCCCOc1cc(C(F)(F)F)ccc1F. The summed E-state index contributed by atoms with van der Waals surface area (Å²) in [5.41, 5.74) is -0.902. The Bertz CT molecular complexity index is 346. The average molecular weight is 236 g/mol. The van der Waals surface area contributed by atoms with Crippen LogP contribution in [0, 0.1) is 5.82 Å². The molecule has 1 nitrogen and oxygen atoms in total. The summed E-state index contributed by atoms with van der Waals surface area (Å²) in [5.74, 6) is -1.12. The number of hydrogen-bond donors (Lipinski definition) is 0. The quantitative estimate of drug-likeness (QED) is 0.566. The van der Waals surface area contributed by atoms with Crippen molar-refractivity contribution >= 4 is 0 Å². The lowest BCUT2D eigenvalue weighted by atomic mass is 10.2. The van der Waals surface area contributed by atoms with Crippen molar-refractivity contribution in [1.29, 1.82) is 0 Å². The van der Waals surface area contributed by atoms with Crippen LogP contribution >= 0.6 is 0 Å². The number of ether oxygens (including phenoxy) is 1. The standard InChI is InChI=1S/C11H12F4O/c1-2-3-6-16-10-7-8(11(13,14)15)4-5-9(10)12/h4-5,7H,2-3,6H2,1H3. The van der Waals surface area contributed by atoms with Crippen LogP contribution in [-0.2, 0) is 6.18 Å². The van der Waals surface area contributed by atoms with Crippen LogP contribution in [0.5, 0.6) is 5.75 Å². The average Bonchev–Trinajstić information content (AvgIpc) is 2.19. The molecule has 0 unspecified atom stereocenters. The number of hydrogen-bond acceptors (Lipinski definition) is 1. The monoisotopic (exact) mass is 236 g/mol. The van der Waals surface area contributed by atoms with Crippen molar-refractivity contribution in [1.82, 2.24) is 0 Å². The lowest BCUT2D eigenvalue weighted by Gasteiger charge is -2.10. The highest BCUT2D eigenvalue weighted by Crippen LogP contribution is 2.32. The zero-order valence-corrected chi connectivity index (χ0v) is 8.77. The van der Waals surface area contributed by atoms with Crippen LogP contribution in [-0.4, -0.2) is 6.61 Å². The van der Waals surface area contributed by atoms with Crippen LogP contribution in [0.15, 0.2) is 18.2 Å². The highest BCUT2D eigenvalue weighted by Gasteiger charge is 2.31. The Morgan fingerprint density at radius 2 is 1.94 bits per heavy atom. The minimum absolute atomic E-state index is 0.217. The molecule has 16 heavy (non-hydrogen) atoms. The fraction of sp³-hybridized carbons (Fsp3) is 0.455. The summed E-state index contributed by atoms with van der Waals surface area (Å²) in [6.45, 7) is 2.13. The molecule has 0 aliphatic carbocycles. The molecule has 1 rings (SSSR count). The molecule has 1 aromatic carbocycles. The number of rotatable bonds is 4. The van der Waals surface area contributed by atoms with Gasteiger partial charge >= 0.3 is 6.18 Å². The second-order valence-electron chi connectivity index (χ2n) is 3.34. The summed E-state index contributed by atoms with van der Waals surface area (Å²) in [5, 5.41) is 0. The molecule has 0 saturated carbocycles. The van der Waals surface area contributed by atoms with E-state index in [1.807, 2.05) is 6.92 Å². The Hall–Kier alpha value is -1.26. The van der Waals surface area contributed by atoms with Crippen LogP contribution in [0.2, 0.25) is 0 Å². The van der Waals surface area contributed by atoms with E-state index >= 15 is 0 Å². The van der Waals surface area contributed by atoms with Gasteiger partial charge < -0.3 is 4.74 Å². The molecular formula is C11H12F4O. The summed E-state index contributed by atoms with van der Waals surface area (Å²) in [6.07, 6.45) is -2.97. The van der Waals surface area contributed by atoms with Gasteiger partial charge in [0.2, 0.25) is 0 Å². The first-order valence-electron chi connectivity index (χ1n) is 4.94. The van der Waals surface area contributed by atoms with Crippen molar-refractivity contribution in [3.63, 3.8) is 0 Å². The van der Waals surface area contributed by atoms with Gasteiger partial charge in [-0.05, 0) is 24.6 Å². The maximum Gasteiger partial charge on any atom is 0.416 e. The summed E-state index contributed by atoms with van der Waals surface area (Å²) in [6, 6.07) is 2.15. The fourth-order valence-electron chi connectivity index (χ4n) is 1.12. The molecule has 0 atom stereocenters. The van der Waals surface area contributed by atoms with Crippen molar-refractivity contribution < 1.29 is 22.3 Å². The van der Waals surface area contributed by atoms with Crippen LogP contribution in [0.4, 0.5) is 17.6 Å². The smallest absolute Gasteiger partial charge is 0.416 e. The third kappa shape index (κ3) is 3.40. The van der Waals surface area contributed by atoms with Gasteiger partial charge in [-0.25, -0.2) is 4.39 Å². The highest BCUT2D eigenvalue weighted by molar-refractivity contribution is 5.31. The van der Waals surface area contributed by atoms with Crippen LogP contribution in [0.1, 0.15) is 25.3 Å². The molecule has 5 heteroatoms. The van der Waals surface area contributed by atoms with Crippen molar-refractivity contribution in [2.45, 2.75) is 25.9 Å². The van der Waals surface area contributed by atoms with Crippen molar-refractivity contribution in [2.24, 2.45) is 0 Å². The predicted octanol–water partition coefficient (Wildman–Crippen LogP) is 4.02. The summed E-state index contributed by atoms with van der Waals surface area (Å²) in [7, 11) is 0. The number of alkyl halides is 3. The number of benzene rings is 1. The molecule has 0 fully saturated rings. The van der Waals surface area contributed by atoms with E-state index in [1.165, 1.54) is 0 Å². The first-order valence-corrected chi connectivity index (χ1v) is 4.94. The molecule has 0 radical (unpaired) electrons. The molecule has 1 aromatic rings. The number of unbranched alkanes of at least 4 members (excludes halogenated alkanes) is 1. The van der Waals surface area contributed by atoms with E-state index in [-0.39, 0.29) is 12.4 Å². The van der Waals surface area contributed by atoms with Gasteiger partial charge in [0.15, 0.2) is 11.6 Å². The molecule has 90 valence electrons. The summed E-state index contributed by atoms with van der Waals surface area (Å²) in [4.78, 5) is 0. The predicted molar refractivity (Wildman–Crippen MR) is 51.8 cm³/mol. The van der Waals surface area contributed by atoms with Crippen LogP contribution in [0.3, 0.4) is 0 Å². The van der Waals surface area contributed by atoms with Crippen LogP contribution in [0.25, 0.3) is 0 Å². The Morgan fingerprint density at radius 1 is 1.25 bits per heavy atom. The molecule has 0 amide bonds. The molecule has 0 bridgehead atoms. The molecule has 0 heterocycles.